The molecule has 0 fully saturated rings. The van der Waals surface area contributed by atoms with Gasteiger partial charge >= 0.3 is 0 Å². The molecule has 0 saturated carbocycles. The van der Waals surface area contributed by atoms with E-state index in [-0.39, 0.29) is 0 Å². The van der Waals surface area contributed by atoms with Crippen LogP contribution in [-0.4, -0.2) is 22.5 Å². The SMILES string of the molecule is CCC(S)CS.SCCCCS. The Kier molecular flexibility index (Phi) is 19.7. The molecular weight excluding hydrogens is 224 g/mol. The van der Waals surface area contributed by atoms with E-state index in [0.29, 0.717) is 5.25 Å². The number of hydrogen-bond acceptors (Lipinski definition) is 4. The van der Waals surface area contributed by atoms with E-state index in [1.54, 1.807) is 0 Å². The van der Waals surface area contributed by atoms with Gasteiger partial charge in [0.1, 0.15) is 0 Å². The van der Waals surface area contributed by atoms with Gasteiger partial charge in [0.05, 0.1) is 0 Å². The highest BCUT2D eigenvalue weighted by Crippen LogP contribution is 2.00. The van der Waals surface area contributed by atoms with Gasteiger partial charge in [0.25, 0.3) is 0 Å². The topological polar surface area (TPSA) is 0 Å². The van der Waals surface area contributed by atoms with E-state index in [1.807, 2.05) is 0 Å². The first kappa shape index (κ1) is 15.9. The average Bonchev–Trinajstić information content (AvgIpc) is 2.14. The van der Waals surface area contributed by atoms with Crippen molar-refractivity contribution in [2.75, 3.05) is 17.3 Å². The van der Waals surface area contributed by atoms with Crippen molar-refractivity contribution in [1.29, 1.82) is 0 Å². The maximum Gasteiger partial charge on any atom is 0.0102 e. The van der Waals surface area contributed by atoms with Crippen molar-refractivity contribution in [2.45, 2.75) is 31.4 Å². The largest absolute Gasteiger partial charge is 0.179 e. The molecule has 0 heterocycles. The van der Waals surface area contributed by atoms with Gasteiger partial charge in [-0.3, -0.25) is 0 Å². The summed E-state index contributed by atoms with van der Waals surface area (Å²) in [7, 11) is 0. The second-order valence-electron chi connectivity index (χ2n) is 2.40. The number of thiol groups is 4. The van der Waals surface area contributed by atoms with Crippen LogP contribution in [0.3, 0.4) is 0 Å². The molecule has 0 amide bonds. The van der Waals surface area contributed by atoms with Crippen molar-refractivity contribution in [2.24, 2.45) is 0 Å². The van der Waals surface area contributed by atoms with Crippen LogP contribution in [0, 0.1) is 0 Å². The monoisotopic (exact) mass is 244 g/mol. The maximum atomic E-state index is 4.15. The molecule has 0 N–H and O–H groups in total. The fraction of sp³-hybridized carbons (Fsp3) is 1.00. The number of rotatable bonds is 5. The lowest BCUT2D eigenvalue weighted by Crippen LogP contribution is -1.95. The van der Waals surface area contributed by atoms with Gasteiger partial charge in [-0.2, -0.15) is 50.5 Å². The van der Waals surface area contributed by atoms with Crippen LogP contribution in [0.4, 0.5) is 0 Å². The number of hydrogen-bond donors (Lipinski definition) is 4. The van der Waals surface area contributed by atoms with Gasteiger partial charge in [0, 0.05) is 11.0 Å². The van der Waals surface area contributed by atoms with E-state index in [1.165, 1.54) is 12.8 Å². The fourth-order valence-corrected chi connectivity index (χ4v) is 1.06. The molecule has 76 valence electrons. The van der Waals surface area contributed by atoms with Gasteiger partial charge in [-0.15, -0.1) is 0 Å². The van der Waals surface area contributed by atoms with Crippen LogP contribution >= 0.6 is 50.5 Å². The minimum absolute atomic E-state index is 0.494. The second kappa shape index (κ2) is 14.9. The predicted octanol–water partition coefficient (Wildman–Crippen LogP) is 3.25. The Hall–Kier alpha value is 1.40. The van der Waals surface area contributed by atoms with Crippen LogP contribution in [0.15, 0.2) is 0 Å². The zero-order chi connectivity index (χ0) is 9.82. The third-order valence-corrected chi connectivity index (χ3v) is 3.16. The molecule has 4 heteroatoms. The zero-order valence-electron chi connectivity index (χ0n) is 7.61. The molecule has 12 heavy (non-hydrogen) atoms. The van der Waals surface area contributed by atoms with E-state index in [2.05, 4.69) is 57.4 Å². The van der Waals surface area contributed by atoms with Crippen molar-refractivity contribution in [3.63, 3.8) is 0 Å². The van der Waals surface area contributed by atoms with Gasteiger partial charge < -0.3 is 0 Å². The van der Waals surface area contributed by atoms with E-state index < -0.39 is 0 Å². The summed E-state index contributed by atoms with van der Waals surface area (Å²) in [4.78, 5) is 0. The summed E-state index contributed by atoms with van der Waals surface area (Å²) < 4.78 is 0. The van der Waals surface area contributed by atoms with Crippen LogP contribution in [0.2, 0.25) is 0 Å². The third kappa shape index (κ3) is 17.5. The van der Waals surface area contributed by atoms with Crippen molar-refractivity contribution in [3.05, 3.63) is 0 Å². The van der Waals surface area contributed by atoms with Crippen molar-refractivity contribution < 1.29 is 0 Å². The van der Waals surface area contributed by atoms with Crippen LogP contribution < -0.4 is 0 Å². The highest BCUT2D eigenvalue weighted by atomic mass is 32.1. The van der Waals surface area contributed by atoms with Crippen LogP contribution in [0.1, 0.15) is 26.2 Å². The molecule has 0 rings (SSSR count). The molecule has 0 aliphatic rings. The zero-order valence-corrected chi connectivity index (χ0v) is 11.2. The molecule has 0 aliphatic heterocycles. The molecule has 0 aliphatic carbocycles. The minimum Gasteiger partial charge on any atom is -0.179 e. The Morgan fingerprint density at radius 1 is 1.00 bits per heavy atom. The third-order valence-electron chi connectivity index (χ3n) is 1.25. The average molecular weight is 245 g/mol. The predicted molar refractivity (Wildman–Crippen MR) is 73.9 cm³/mol. The molecule has 0 aromatic rings. The molecule has 1 atom stereocenters. The Bertz CT molecular complexity index is 60.1. The van der Waals surface area contributed by atoms with Gasteiger partial charge in [-0.05, 0) is 30.8 Å². The molecule has 0 bridgehead atoms. The van der Waals surface area contributed by atoms with E-state index in [4.69, 9.17) is 0 Å². The number of unbranched alkanes of at least 4 members (excludes halogenated alkanes) is 1. The van der Waals surface area contributed by atoms with E-state index >= 15 is 0 Å². The summed E-state index contributed by atoms with van der Waals surface area (Å²) in [5, 5.41) is 0.494. The molecule has 0 aromatic carbocycles. The normalized spacial score (nSPS) is 11.8. The van der Waals surface area contributed by atoms with Gasteiger partial charge in [0.15, 0.2) is 0 Å². The summed E-state index contributed by atoms with van der Waals surface area (Å²) in [5.74, 6) is 2.89. The molecule has 0 saturated heterocycles. The van der Waals surface area contributed by atoms with Crippen molar-refractivity contribution >= 4 is 50.5 Å². The van der Waals surface area contributed by atoms with Crippen LogP contribution in [0.25, 0.3) is 0 Å². The summed E-state index contributed by atoms with van der Waals surface area (Å²) in [5.41, 5.74) is 0. The van der Waals surface area contributed by atoms with E-state index in [0.717, 1.165) is 23.7 Å². The van der Waals surface area contributed by atoms with Crippen LogP contribution in [-0.2, 0) is 0 Å². The highest BCUT2D eigenvalue weighted by molar-refractivity contribution is 7.84. The Balaban J connectivity index is 0. The maximum absolute atomic E-state index is 4.15. The summed E-state index contributed by atoms with van der Waals surface area (Å²) in [6, 6.07) is 0. The standard InChI is InChI=1S/2C4H10S2/c1-2-4(6)3-5;5-3-1-2-4-6/h4-6H,2-3H2,1H3;5-6H,1-4H2. The molecule has 0 spiro atoms. The minimum atomic E-state index is 0.494. The van der Waals surface area contributed by atoms with Crippen molar-refractivity contribution in [3.8, 4) is 0 Å². The molecule has 0 radical (unpaired) electrons. The summed E-state index contributed by atoms with van der Waals surface area (Å²) in [6.07, 6.45) is 3.52. The quantitative estimate of drug-likeness (QED) is 0.414. The van der Waals surface area contributed by atoms with Crippen molar-refractivity contribution in [1.82, 2.24) is 0 Å². The molecule has 1 unspecified atom stereocenters. The Morgan fingerprint density at radius 3 is 1.50 bits per heavy atom. The first-order chi connectivity index (χ1) is 5.72. The van der Waals surface area contributed by atoms with E-state index in [9.17, 15) is 0 Å². The lowest BCUT2D eigenvalue weighted by atomic mass is 10.4. The Morgan fingerprint density at radius 2 is 1.42 bits per heavy atom. The lowest BCUT2D eigenvalue weighted by molar-refractivity contribution is 0.912. The van der Waals surface area contributed by atoms with Crippen LogP contribution in [0.5, 0.6) is 0 Å². The molecular formula is C8H20S4. The van der Waals surface area contributed by atoms with Gasteiger partial charge in [-0.1, -0.05) is 6.92 Å². The second-order valence-corrected chi connectivity index (χ2v) is 4.39. The van der Waals surface area contributed by atoms with Gasteiger partial charge in [0.2, 0.25) is 0 Å². The Labute approximate surface area is 98.9 Å². The smallest absolute Gasteiger partial charge is 0.0102 e. The lowest BCUT2D eigenvalue weighted by Gasteiger charge is -1.97. The van der Waals surface area contributed by atoms with Gasteiger partial charge in [-0.25, -0.2) is 0 Å². The fourth-order valence-electron chi connectivity index (χ4n) is 0.353. The first-order valence-electron chi connectivity index (χ1n) is 4.23. The molecule has 0 aromatic heterocycles. The first-order valence-corrected chi connectivity index (χ1v) is 6.64. The summed E-state index contributed by atoms with van der Waals surface area (Å²) >= 11 is 16.2. The highest BCUT2D eigenvalue weighted by Gasteiger charge is 1.90. The summed E-state index contributed by atoms with van der Waals surface area (Å²) in [6.45, 7) is 2.11. The molecule has 0 nitrogen and oxygen atoms in total.